The van der Waals surface area contributed by atoms with Crippen LogP contribution in [0.3, 0.4) is 0 Å². The number of sulfonamides is 1. The summed E-state index contributed by atoms with van der Waals surface area (Å²) in [5.74, 6) is -0.0949. The smallest absolute Gasteiger partial charge is 0.243 e. The molecule has 0 bridgehead atoms. The molecule has 124 valence electrons. The van der Waals surface area contributed by atoms with E-state index in [1.807, 2.05) is 6.92 Å². The van der Waals surface area contributed by atoms with E-state index < -0.39 is 25.9 Å². The Morgan fingerprint density at radius 2 is 1.91 bits per heavy atom. The van der Waals surface area contributed by atoms with Gasteiger partial charge in [0.2, 0.25) is 10.0 Å². The highest BCUT2D eigenvalue weighted by molar-refractivity contribution is 7.92. The number of hydrogen-bond donors (Lipinski definition) is 1. The van der Waals surface area contributed by atoms with Gasteiger partial charge in [0.25, 0.3) is 0 Å². The second-order valence-corrected chi connectivity index (χ2v) is 9.58. The van der Waals surface area contributed by atoms with E-state index in [4.69, 9.17) is 5.73 Å². The van der Waals surface area contributed by atoms with Crippen LogP contribution >= 0.6 is 0 Å². The molecule has 8 heteroatoms. The standard InChI is InChI=1S/C14H22N2O4S2/c1-2-12-3-5-14(6-4-12)22(19,20)16(9-8-15)13-7-10-21(17,18)11-13/h3-6,13H,2,7-11,15H2,1H3/t13-/m0/s1. The summed E-state index contributed by atoms with van der Waals surface area (Å²) < 4.78 is 50.1. The molecule has 0 aliphatic carbocycles. The lowest BCUT2D eigenvalue weighted by Gasteiger charge is -2.26. The predicted molar refractivity (Wildman–Crippen MR) is 85.8 cm³/mol. The van der Waals surface area contributed by atoms with Gasteiger partial charge in [-0.2, -0.15) is 4.31 Å². The lowest BCUT2D eigenvalue weighted by molar-refractivity contribution is 0.347. The third-order valence-electron chi connectivity index (χ3n) is 3.90. The Balaban J connectivity index is 2.33. The molecule has 1 heterocycles. The molecule has 0 unspecified atom stereocenters. The van der Waals surface area contributed by atoms with Crippen LogP contribution in [0, 0.1) is 0 Å². The minimum absolute atomic E-state index is 0.0308. The molecule has 6 nitrogen and oxygen atoms in total. The number of hydrogen-bond acceptors (Lipinski definition) is 5. The number of nitrogens with zero attached hydrogens (tertiary/aromatic N) is 1. The van der Waals surface area contributed by atoms with E-state index in [2.05, 4.69) is 0 Å². The van der Waals surface area contributed by atoms with Crippen LogP contribution in [-0.4, -0.2) is 51.8 Å². The van der Waals surface area contributed by atoms with Gasteiger partial charge < -0.3 is 5.73 Å². The number of benzene rings is 1. The average Bonchev–Trinajstić information content (AvgIpc) is 2.84. The summed E-state index contributed by atoms with van der Waals surface area (Å²) in [5, 5.41) is 0. The molecular formula is C14H22N2O4S2. The molecule has 0 amide bonds. The molecule has 1 aromatic carbocycles. The van der Waals surface area contributed by atoms with Gasteiger partial charge in [-0.15, -0.1) is 0 Å². The zero-order valence-corrected chi connectivity index (χ0v) is 14.2. The zero-order chi connectivity index (χ0) is 16.4. The fourth-order valence-electron chi connectivity index (χ4n) is 2.66. The topological polar surface area (TPSA) is 97.5 Å². The third kappa shape index (κ3) is 3.68. The maximum absolute atomic E-state index is 12.8. The Bertz CT molecular complexity index is 712. The Morgan fingerprint density at radius 3 is 2.36 bits per heavy atom. The van der Waals surface area contributed by atoms with Gasteiger partial charge in [-0.1, -0.05) is 19.1 Å². The van der Waals surface area contributed by atoms with Crippen LogP contribution in [0.5, 0.6) is 0 Å². The molecule has 1 fully saturated rings. The molecule has 1 atom stereocenters. The SMILES string of the molecule is CCc1ccc(S(=O)(=O)N(CCN)[C@H]2CCS(=O)(=O)C2)cc1. The first kappa shape index (κ1) is 17.4. The highest BCUT2D eigenvalue weighted by atomic mass is 32.2. The molecule has 0 saturated carbocycles. The minimum Gasteiger partial charge on any atom is -0.329 e. The van der Waals surface area contributed by atoms with Crippen LogP contribution in [0.4, 0.5) is 0 Å². The number of sulfone groups is 1. The van der Waals surface area contributed by atoms with Gasteiger partial charge in [-0.05, 0) is 30.5 Å². The largest absolute Gasteiger partial charge is 0.329 e. The van der Waals surface area contributed by atoms with Crippen molar-refractivity contribution in [2.75, 3.05) is 24.6 Å². The molecule has 22 heavy (non-hydrogen) atoms. The first-order valence-electron chi connectivity index (χ1n) is 7.31. The van der Waals surface area contributed by atoms with E-state index in [1.54, 1.807) is 24.3 Å². The van der Waals surface area contributed by atoms with Gasteiger partial charge in [0.05, 0.1) is 16.4 Å². The van der Waals surface area contributed by atoms with Crippen molar-refractivity contribution in [1.29, 1.82) is 0 Å². The fourth-order valence-corrected chi connectivity index (χ4v) is 6.16. The Hall–Kier alpha value is -0.960. The van der Waals surface area contributed by atoms with Crippen molar-refractivity contribution in [3.05, 3.63) is 29.8 Å². The molecule has 1 aliphatic rings. The second kappa shape index (κ2) is 6.66. The molecule has 0 radical (unpaired) electrons. The molecule has 2 rings (SSSR count). The van der Waals surface area contributed by atoms with Crippen molar-refractivity contribution in [3.63, 3.8) is 0 Å². The highest BCUT2D eigenvalue weighted by Gasteiger charge is 2.38. The first-order valence-corrected chi connectivity index (χ1v) is 10.6. The van der Waals surface area contributed by atoms with Crippen LogP contribution < -0.4 is 5.73 Å². The van der Waals surface area contributed by atoms with Crippen molar-refractivity contribution < 1.29 is 16.8 Å². The quantitative estimate of drug-likeness (QED) is 0.803. The lowest BCUT2D eigenvalue weighted by Crippen LogP contribution is -2.43. The van der Waals surface area contributed by atoms with Gasteiger partial charge in [-0.25, -0.2) is 16.8 Å². The third-order valence-corrected chi connectivity index (χ3v) is 7.62. The Morgan fingerprint density at radius 1 is 1.27 bits per heavy atom. The molecule has 1 saturated heterocycles. The van der Waals surface area contributed by atoms with E-state index in [0.717, 1.165) is 12.0 Å². The minimum atomic E-state index is -3.73. The average molecular weight is 346 g/mol. The van der Waals surface area contributed by atoms with Crippen LogP contribution in [0.15, 0.2) is 29.2 Å². The number of aryl methyl sites for hydroxylation is 1. The predicted octanol–water partition coefficient (Wildman–Crippen LogP) is 0.386. The summed E-state index contributed by atoms with van der Waals surface area (Å²) in [7, 11) is -6.89. The van der Waals surface area contributed by atoms with Crippen molar-refractivity contribution >= 4 is 19.9 Å². The van der Waals surface area contributed by atoms with Gasteiger partial charge in [-0.3, -0.25) is 0 Å². The molecular weight excluding hydrogens is 324 g/mol. The van der Waals surface area contributed by atoms with Crippen LogP contribution in [0.2, 0.25) is 0 Å². The van der Waals surface area contributed by atoms with Crippen molar-refractivity contribution in [2.45, 2.75) is 30.7 Å². The van der Waals surface area contributed by atoms with E-state index in [0.29, 0.717) is 6.42 Å². The van der Waals surface area contributed by atoms with E-state index in [-0.39, 0.29) is 29.5 Å². The maximum atomic E-state index is 12.8. The Kier molecular flexibility index (Phi) is 5.26. The van der Waals surface area contributed by atoms with Gasteiger partial charge >= 0.3 is 0 Å². The summed E-state index contributed by atoms with van der Waals surface area (Å²) in [4.78, 5) is 0.183. The van der Waals surface area contributed by atoms with Crippen LogP contribution in [0.1, 0.15) is 18.9 Å². The van der Waals surface area contributed by atoms with Crippen LogP contribution in [-0.2, 0) is 26.3 Å². The second-order valence-electron chi connectivity index (χ2n) is 5.46. The van der Waals surface area contributed by atoms with E-state index in [9.17, 15) is 16.8 Å². The molecule has 0 aromatic heterocycles. The summed E-state index contributed by atoms with van der Waals surface area (Å²) in [6.07, 6.45) is 1.16. The summed E-state index contributed by atoms with van der Waals surface area (Å²) >= 11 is 0. The first-order chi connectivity index (χ1) is 10.3. The summed E-state index contributed by atoms with van der Waals surface area (Å²) in [6.45, 7) is 2.27. The number of nitrogens with two attached hydrogens (primary N) is 1. The van der Waals surface area contributed by atoms with Crippen molar-refractivity contribution in [2.24, 2.45) is 5.73 Å². The summed E-state index contributed by atoms with van der Waals surface area (Å²) in [5.41, 5.74) is 6.58. The number of rotatable bonds is 6. The highest BCUT2D eigenvalue weighted by Crippen LogP contribution is 2.25. The lowest BCUT2D eigenvalue weighted by atomic mass is 10.2. The molecule has 2 N–H and O–H groups in total. The normalized spacial score (nSPS) is 21.3. The maximum Gasteiger partial charge on any atom is 0.243 e. The van der Waals surface area contributed by atoms with E-state index in [1.165, 1.54) is 4.31 Å². The van der Waals surface area contributed by atoms with Crippen LogP contribution in [0.25, 0.3) is 0 Å². The Labute approximate surface area is 132 Å². The summed E-state index contributed by atoms with van der Waals surface area (Å²) in [6, 6.07) is 6.17. The molecule has 1 aromatic rings. The van der Waals surface area contributed by atoms with E-state index >= 15 is 0 Å². The zero-order valence-electron chi connectivity index (χ0n) is 12.6. The van der Waals surface area contributed by atoms with Crippen molar-refractivity contribution in [3.8, 4) is 0 Å². The van der Waals surface area contributed by atoms with Gasteiger partial charge in [0.1, 0.15) is 0 Å². The van der Waals surface area contributed by atoms with Crippen molar-refractivity contribution in [1.82, 2.24) is 4.31 Å². The van der Waals surface area contributed by atoms with Gasteiger partial charge in [0, 0.05) is 19.1 Å². The van der Waals surface area contributed by atoms with Gasteiger partial charge in [0.15, 0.2) is 9.84 Å². The molecule has 0 spiro atoms. The fraction of sp³-hybridized carbons (Fsp3) is 0.571. The monoisotopic (exact) mass is 346 g/mol. The molecule has 1 aliphatic heterocycles.